The van der Waals surface area contributed by atoms with E-state index in [1.54, 1.807) is 6.92 Å². The van der Waals surface area contributed by atoms with E-state index in [-0.39, 0.29) is 23.5 Å². The van der Waals surface area contributed by atoms with Crippen molar-refractivity contribution in [2.45, 2.75) is 19.3 Å². The van der Waals surface area contributed by atoms with Gasteiger partial charge in [0.05, 0.1) is 5.92 Å². The largest absolute Gasteiger partial charge is 0.350 e. The molecule has 0 aliphatic carbocycles. The van der Waals surface area contributed by atoms with E-state index >= 15 is 0 Å². The van der Waals surface area contributed by atoms with Gasteiger partial charge < -0.3 is 10.6 Å². The van der Waals surface area contributed by atoms with Crippen LogP contribution in [0.2, 0.25) is 0 Å². The quantitative estimate of drug-likeness (QED) is 0.861. The first-order valence-electron chi connectivity index (χ1n) is 8.30. The van der Waals surface area contributed by atoms with Gasteiger partial charge in [-0.05, 0) is 48.4 Å². The summed E-state index contributed by atoms with van der Waals surface area (Å²) in [6.07, 6.45) is 0.455. The zero-order valence-electron chi connectivity index (χ0n) is 14.4. The average molecular weight is 375 g/mol. The number of carbonyl (C=O) groups excluding carboxylic acids is 2. The van der Waals surface area contributed by atoms with Crippen LogP contribution in [0.4, 0.5) is 23.7 Å². The zero-order valence-corrected chi connectivity index (χ0v) is 14.4. The first-order valence-corrected chi connectivity index (χ1v) is 8.30. The molecule has 1 fully saturated rings. The highest BCUT2D eigenvalue weighted by molar-refractivity contribution is 6.44. The Morgan fingerprint density at radius 1 is 1.19 bits per heavy atom. The lowest BCUT2D eigenvalue weighted by atomic mass is 9.93. The molecule has 1 heterocycles. The second-order valence-corrected chi connectivity index (χ2v) is 6.02. The number of nitrogens with one attached hydrogen (secondary N) is 2. The standard InChI is InChI=1S/C19H16F3N3O2/c1-2-10-7-14(21)16(15(22)8-10)13-9-23-18(26)17(13)25-19(27)24-12-5-3-11(20)4-6-12/h3-8,13H,2,9H2,1H3,(H,23,26)(H,24,27)/b25-17+/t13-/m0/s1. The molecule has 1 saturated heterocycles. The van der Waals surface area contributed by atoms with E-state index in [1.165, 1.54) is 24.3 Å². The summed E-state index contributed by atoms with van der Waals surface area (Å²) in [5.41, 5.74) is 0.166. The topological polar surface area (TPSA) is 70.6 Å². The van der Waals surface area contributed by atoms with E-state index in [2.05, 4.69) is 15.6 Å². The normalized spacial score (nSPS) is 17.9. The van der Waals surface area contributed by atoms with Crippen LogP contribution in [-0.4, -0.2) is 24.2 Å². The molecule has 1 aliphatic heterocycles. The zero-order chi connectivity index (χ0) is 19.6. The maximum Gasteiger partial charge on any atom is 0.345 e. The van der Waals surface area contributed by atoms with Crippen LogP contribution in [0.25, 0.3) is 0 Å². The Balaban J connectivity index is 1.89. The van der Waals surface area contributed by atoms with Crippen LogP contribution >= 0.6 is 0 Å². The summed E-state index contributed by atoms with van der Waals surface area (Å²) in [6, 6.07) is 6.45. The van der Waals surface area contributed by atoms with Gasteiger partial charge in [0.15, 0.2) is 0 Å². The molecule has 0 saturated carbocycles. The molecule has 5 nitrogen and oxygen atoms in total. The van der Waals surface area contributed by atoms with Crippen LogP contribution in [0, 0.1) is 17.5 Å². The molecular formula is C19H16F3N3O2. The van der Waals surface area contributed by atoms with Crippen molar-refractivity contribution in [2.75, 3.05) is 11.9 Å². The molecule has 2 N–H and O–H groups in total. The lowest BCUT2D eigenvalue weighted by Crippen LogP contribution is -2.22. The van der Waals surface area contributed by atoms with E-state index in [0.29, 0.717) is 12.0 Å². The summed E-state index contributed by atoms with van der Waals surface area (Å²) in [4.78, 5) is 27.8. The van der Waals surface area contributed by atoms with Crippen LogP contribution in [-0.2, 0) is 11.2 Å². The van der Waals surface area contributed by atoms with Gasteiger partial charge in [-0.25, -0.2) is 18.0 Å². The number of anilines is 1. The summed E-state index contributed by atoms with van der Waals surface area (Å²) >= 11 is 0. The van der Waals surface area contributed by atoms with Crippen molar-refractivity contribution in [3.05, 3.63) is 65.0 Å². The average Bonchev–Trinajstić information content (AvgIpc) is 2.97. The Labute approximate surface area is 153 Å². The third kappa shape index (κ3) is 3.99. The molecular weight excluding hydrogens is 359 g/mol. The van der Waals surface area contributed by atoms with Crippen LogP contribution in [0.1, 0.15) is 24.0 Å². The Bertz CT molecular complexity index is 903. The monoisotopic (exact) mass is 375 g/mol. The predicted octanol–water partition coefficient (Wildman–Crippen LogP) is 3.55. The molecule has 0 radical (unpaired) electrons. The van der Waals surface area contributed by atoms with Gasteiger partial charge in [0.25, 0.3) is 5.91 Å². The fourth-order valence-corrected chi connectivity index (χ4v) is 2.88. The highest BCUT2D eigenvalue weighted by Gasteiger charge is 2.36. The summed E-state index contributed by atoms with van der Waals surface area (Å²) in [5, 5.41) is 4.82. The second-order valence-electron chi connectivity index (χ2n) is 6.02. The van der Waals surface area contributed by atoms with Gasteiger partial charge in [-0.2, -0.15) is 4.99 Å². The van der Waals surface area contributed by atoms with Crippen molar-refractivity contribution in [3.8, 4) is 0 Å². The number of carbonyl (C=O) groups is 2. The highest BCUT2D eigenvalue weighted by Crippen LogP contribution is 2.28. The Hall–Kier alpha value is -3.16. The minimum absolute atomic E-state index is 0.0686. The van der Waals surface area contributed by atoms with Crippen LogP contribution < -0.4 is 10.6 Å². The number of amides is 3. The number of rotatable bonds is 3. The first-order chi connectivity index (χ1) is 12.9. The van der Waals surface area contributed by atoms with Gasteiger partial charge in [-0.1, -0.05) is 6.92 Å². The Morgan fingerprint density at radius 3 is 2.41 bits per heavy atom. The van der Waals surface area contributed by atoms with E-state index < -0.39 is 35.3 Å². The third-order valence-electron chi connectivity index (χ3n) is 4.24. The Morgan fingerprint density at radius 2 is 1.81 bits per heavy atom. The van der Waals surface area contributed by atoms with E-state index in [1.807, 2.05) is 0 Å². The number of hydrogen-bond donors (Lipinski definition) is 2. The van der Waals surface area contributed by atoms with Crippen molar-refractivity contribution >= 4 is 23.3 Å². The molecule has 0 unspecified atom stereocenters. The van der Waals surface area contributed by atoms with Gasteiger partial charge >= 0.3 is 6.03 Å². The van der Waals surface area contributed by atoms with Gasteiger partial charge in [0, 0.05) is 17.8 Å². The molecule has 0 bridgehead atoms. The third-order valence-corrected chi connectivity index (χ3v) is 4.24. The van der Waals surface area contributed by atoms with Crippen molar-refractivity contribution < 1.29 is 22.8 Å². The fourth-order valence-electron chi connectivity index (χ4n) is 2.88. The number of urea groups is 1. The van der Waals surface area contributed by atoms with Gasteiger partial charge in [0.1, 0.15) is 23.2 Å². The van der Waals surface area contributed by atoms with Gasteiger partial charge in [-0.3, -0.25) is 4.79 Å². The molecule has 0 spiro atoms. The van der Waals surface area contributed by atoms with Gasteiger partial charge in [-0.15, -0.1) is 0 Å². The SMILES string of the molecule is CCc1cc(F)c([C@@H]2CNC(=O)/C2=N/C(=O)Nc2ccc(F)cc2)c(F)c1. The molecule has 140 valence electrons. The Kier molecular flexibility index (Phi) is 5.25. The summed E-state index contributed by atoms with van der Waals surface area (Å²) in [5.74, 6) is -3.76. The molecule has 27 heavy (non-hydrogen) atoms. The lowest BCUT2D eigenvalue weighted by Gasteiger charge is -2.13. The maximum absolute atomic E-state index is 14.4. The van der Waals surface area contributed by atoms with Crippen LogP contribution in [0.3, 0.4) is 0 Å². The number of nitrogens with zero attached hydrogens (tertiary/aromatic N) is 1. The fraction of sp³-hybridized carbons (Fsp3) is 0.211. The second kappa shape index (κ2) is 7.61. The van der Waals surface area contributed by atoms with E-state index in [4.69, 9.17) is 0 Å². The number of hydrogen-bond acceptors (Lipinski definition) is 2. The molecule has 0 aromatic heterocycles. The highest BCUT2D eigenvalue weighted by atomic mass is 19.1. The smallest absolute Gasteiger partial charge is 0.345 e. The first kappa shape index (κ1) is 18.6. The van der Waals surface area contributed by atoms with Crippen molar-refractivity contribution in [2.24, 2.45) is 4.99 Å². The molecule has 2 aromatic rings. The van der Waals surface area contributed by atoms with Crippen molar-refractivity contribution in [1.82, 2.24) is 5.32 Å². The molecule has 8 heteroatoms. The van der Waals surface area contributed by atoms with Gasteiger partial charge in [0.2, 0.25) is 0 Å². The molecule has 2 aromatic carbocycles. The van der Waals surface area contributed by atoms with Crippen LogP contribution in [0.5, 0.6) is 0 Å². The maximum atomic E-state index is 14.4. The number of halogens is 3. The van der Waals surface area contributed by atoms with Crippen LogP contribution in [0.15, 0.2) is 41.4 Å². The minimum atomic E-state index is -1.03. The summed E-state index contributed by atoms with van der Waals surface area (Å²) in [7, 11) is 0. The van der Waals surface area contributed by atoms with E-state index in [9.17, 15) is 22.8 Å². The van der Waals surface area contributed by atoms with E-state index in [0.717, 1.165) is 12.1 Å². The molecule has 1 atom stereocenters. The summed E-state index contributed by atoms with van der Waals surface area (Å²) in [6.45, 7) is 1.70. The minimum Gasteiger partial charge on any atom is -0.350 e. The lowest BCUT2D eigenvalue weighted by molar-refractivity contribution is -0.113. The molecule has 3 amide bonds. The summed E-state index contributed by atoms with van der Waals surface area (Å²) < 4.78 is 41.7. The van der Waals surface area contributed by atoms with Crippen molar-refractivity contribution in [3.63, 3.8) is 0 Å². The molecule has 3 rings (SSSR count). The molecule has 1 aliphatic rings. The number of benzene rings is 2. The van der Waals surface area contributed by atoms with Crippen molar-refractivity contribution in [1.29, 1.82) is 0 Å². The predicted molar refractivity (Wildman–Crippen MR) is 94.3 cm³/mol. The number of aliphatic imine (C=N–C) groups is 1. The number of aryl methyl sites for hydroxylation is 1.